The lowest BCUT2D eigenvalue weighted by molar-refractivity contribution is 0.0666. The van der Waals surface area contributed by atoms with Gasteiger partial charge in [0.15, 0.2) is 4.21 Å². The zero-order valence-corrected chi connectivity index (χ0v) is 9.86. The first-order chi connectivity index (χ1) is 7.27. The van der Waals surface area contributed by atoms with E-state index in [9.17, 15) is 13.5 Å². The number of sulfonamides is 1. The quantitative estimate of drug-likeness (QED) is 0.457. The number of nitrogens with two attached hydrogens (primary N) is 1. The lowest BCUT2D eigenvalue weighted by atomic mass is 10.1. The van der Waals surface area contributed by atoms with Crippen LogP contribution in [0.3, 0.4) is 0 Å². The van der Waals surface area contributed by atoms with Gasteiger partial charge in [-0.15, -0.1) is 11.3 Å². The Hall–Kier alpha value is -1.19. The molecular weight excluding hydrogens is 254 g/mol. The molecule has 0 bridgehead atoms. The summed E-state index contributed by atoms with van der Waals surface area (Å²) >= 11 is 0.740. The summed E-state index contributed by atoms with van der Waals surface area (Å²) in [6, 6.07) is 0. The van der Waals surface area contributed by atoms with Crippen molar-refractivity contribution in [3.63, 3.8) is 0 Å². The van der Waals surface area contributed by atoms with Gasteiger partial charge < -0.3 is 5.11 Å². The third kappa shape index (κ3) is 2.90. The van der Waals surface area contributed by atoms with E-state index in [-0.39, 0.29) is 15.8 Å². The SMILES string of the molecule is CC(O)(CN=[N+]=[N-])c1ncc(S(N)(=O)=O)s1. The Morgan fingerprint density at radius 2 is 2.44 bits per heavy atom. The molecule has 1 unspecified atom stereocenters. The van der Waals surface area contributed by atoms with Crippen LogP contribution in [-0.2, 0) is 15.6 Å². The highest BCUT2D eigenvalue weighted by Gasteiger charge is 2.27. The maximum Gasteiger partial charge on any atom is 0.249 e. The predicted octanol–water partition coefficient (Wildman–Crippen LogP) is 0.308. The van der Waals surface area contributed by atoms with Gasteiger partial charge in [0.1, 0.15) is 10.6 Å². The van der Waals surface area contributed by atoms with Gasteiger partial charge in [0.05, 0.1) is 12.7 Å². The molecule has 1 aromatic rings. The number of hydrogen-bond acceptors (Lipinski definition) is 6. The van der Waals surface area contributed by atoms with Gasteiger partial charge in [0.2, 0.25) is 10.0 Å². The Kier molecular flexibility index (Phi) is 3.51. The number of hydrogen-bond donors (Lipinski definition) is 2. The number of aliphatic hydroxyl groups is 1. The van der Waals surface area contributed by atoms with Crippen LogP contribution >= 0.6 is 11.3 Å². The highest BCUT2D eigenvalue weighted by atomic mass is 32.2. The second-order valence-corrected chi connectivity index (χ2v) is 6.01. The molecule has 0 aliphatic heterocycles. The topological polar surface area (TPSA) is 142 Å². The molecule has 0 spiro atoms. The Bertz CT molecular complexity index is 528. The fraction of sp³-hybridized carbons (Fsp3) is 0.500. The van der Waals surface area contributed by atoms with Crippen molar-refractivity contribution >= 4 is 21.4 Å². The summed E-state index contributed by atoms with van der Waals surface area (Å²) in [5.41, 5.74) is 6.63. The molecule has 3 N–H and O–H groups in total. The van der Waals surface area contributed by atoms with Crippen LogP contribution in [0.25, 0.3) is 10.4 Å². The van der Waals surface area contributed by atoms with Crippen LogP contribution in [0.4, 0.5) is 0 Å². The summed E-state index contributed by atoms with van der Waals surface area (Å²) < 4.78 is 21.8. The fourth-order valence-corrected chi connectivity index (χ4v) is 2.46. The molecule has 0 aliphatic rings. The van der Waals surface area contributed by atoms with Gasteiger partial charge >= 0.3 is 0 Å². The van der Waals surface area contributed by atoms with Crippen LogP contribution < -0.4 is 5.14 Å². The van der Waals surface area contributed by atoms with E-state index in [1.807, 2.05) is 0 Å². The van der Waals surface area contributed by atoms with E-state index >= 15 is 0 Å². The summed E-state index contributed by atoms with van der Waals surface area (Å²) in [7, 11) is -3.82. The molecule has 1 atom stereocenters. The van der Waals surface area contributed by atoms with Crippen molar-refractivity contribution in [1.82, 2.24) is 4.98 Å². The minimum absolute atomic E-state index is 0.129. The van der Waals surface area contributed by atoms with Crippen molar-refractivity contribution in [2.75, 3.05) is 6.54 Å². The van der Waals surface area contributed by atoms with Crippen molar-refractivity contribution in [3.05, 3.63) is 21.6 Å². The summed E-state index contributed by atoms with van der Waals surface area (Å²) in [5.74, 6) is 0. The van der Waals surface area contributed by atoms with Crippen LogP contribution in [0, 0.1) is 0 Å². The highest BCUT2D eigenvalue weighted by molar-refractivity contribution is 7.91. The maximum atomic E-state index is 11.0. The van der Waals surface area contributed by atoms with E-state index in [4.69, 9.17) is 10.7 Å². The Morgan fingerprint density at radius 1 is 1.81 bits per heavy atom. The lowest BCUT2D eigenvalue weighted by Crippen LogP contribution is -2.24. The monoisotopic (exact) mass is 263 g/mol. The van der Waals surface area contributed by atoms with E-state index < -0.39 is 15.6 Å². The van der Waals surface area contributed by atoms with Crippen molar-refractivity contribution in [3.8, 4) is 0 Å². The largest absolute Gasteiger partial charge is 0.383 e. The van der Waals surface area contributed by atoms with Crippen molar-refractivity contribution in [2.45, 2.75) is 16.7 Å². The van der Waals surface area contributed by atoms with Gasteiger partial charge in [-0.3, -0.25) is 0 Å². The molecule has 0 aromatic carbocycles. The third-order valence-corrected chi connectivity index (χ3v) is 4.33. The number of rotatable bonds is 4. The summed E-state index contributed by atoms with van der Waals surface area (Å²) in [5, 5.41) is 18.1. The van der Waals surface area contributed by atoms with Crippen molar-refractivity contribution in [2.24, 2.45) is 10.3 Å². The number of nitrogens with zero attached hydrogens (tertiary/aromatic N) is 4. The number of azide groups is 1. The van der Waals surface area contributed by atoms with Crippen molar-refractivity contribution < 1.29 is 13.5 Å². The highest BCUT2D eigenvalue weighted by Crippen LogP contribution is 2.27. The predicted molar refractivity (Wildman–Crippen MR) is 57.1 cm³/mol. The molecule has 0 amide bonds. The first-order valence-corrected chi connectivity index (χ1v) is 6.36. The number of primary sulfonamides is 1. The van der Waals surface area contributed by atoms with Gasteiger partial charge in [-0.1, -0.05) is 5.11 Å². The molecule has 0 fully saturated rings. The fourth-order valence-electron chi connectivity index (χ4n) is 0.877. The van der Waals surface area contributed by atoms with Gasteiger partial charge in [0.25, 0.3) is 0 Å². The van der Waals surface area contributed by atoms with Crippen LogP contribution in [0.2, 0.25) is 0 Å². The van der Waals surface area contributed by atoms with Crippen LogP contribution in [0.5, 0.6) is 0 Å². The molecule has 1 aromatic heterocycles. The van der Waals surface area contributed by atoms with Crippen LogP contribution in [0.1, 0.15) is 11.9 Å². The normalized spacial score (nSPS) is 15.2. The molecule has 16 heavy (non-hydrogen) atoms. The molecule has 88 valence electrons. The zero-order valence-electron chi connectivity index (χ0n) is 8.23. The van der Waals surface area contributed by atoms with Gasteiger partial charge in [0, 0.05) is 4.91 Å². The van der Waals surface area contributed by atoms with Gasteiger partial charge in [-0.25, -0.2) is 18.5 Å². The molecule has 0 radical (unpaired) electrons. The van der Waals surface area contributed by atoms with Gasteiger partial charge in [-0.05, 0) is 12.5 Å². The van der Waals surface area contributed by atoms with Gasteiger partial charge in [-0.2, -0.15) is 0 Å². The van der Waals surface area contributed by atoms with Crippen molar-refractivity contribution in [1.29, 1.82) is 0 Å². The molecule has 10 heteroatoms. The maximum absolute atomic E-state index is 11.0. The molecule has 0 saturated carbocycles. The average molecular weight is 263 g/mol. The molecule has 0 aliphatic carbocycles. The van der Waals surface area contributed by atoms with E-state index in [1.54, 1.807) is 0 Å². The third-order valence-electron chi connectivity index (χ3n) is 1.67. The Labute approximate surface area is 95.4 Å². The molecule has 1 heterocycles. The van der Waals surface area contributed by atoms with Crippen LogP contribution in [0.15, 0.2) is 15.5 Å². The average Bonchev–Trinajstić information content (AvgIpc) is 2.63. The van der Waals surface area contributed by atoms with E-state index in [0.717, 1.165) is 17.5 Å². The summed E-state index contributed by atoms with van der Waals surface area (Å²) in [4.78, 5) is 6.23. The summed E-state index contributed by atoms with van der Waals surface area (Å²) in [6.07, 6.45) is 1.06. The second kappa shape index (κ2) is 4.36. The second-order valence-electron chi connectivity index (χ2n) is 3.19. The first-order valence-electron chi connectivity index (χ1n) is 4.00. The number of aromatic nitrogens is 1. The van der Waals surface area contributed by atoms with E-state index in [2.05, 4.69) is 15.0 Å². The van der Waals surface area contributed by atoms with E-state index in [0.29, 0.717) is 0 Å². The van der Waals surface area contributed by atoms with E-state index in [1.165, 1.54) is 6.92 Å². The molecular formula is C6H9N5O3S2. The molecule has 0 saturated heterocycles. The first kappa shape index (κ1) is 12.9. The minimum Gasteiger partial charge on any atom is -0.383 e. The molecule has 8 nitrogen and oxygen atoms in total. The number of thiazole rings is 1. The zero-order chi connectivity index (χ0) is 12.4. The Balaban J connectivity index is 3.06. The Morgan fingerprint density at radius 3 is 2.88 bits per heavy atom. The lowest BCUT2D eigenvalue weighted by Gasteiger charge is -2.16. The smallest absolute Gasteiger partial charge is 0.249 e. The standard InChI is InChI=1S/C6H9N5O3S2/c1-6(12,3-10-11-7)5-9-2-4(15-5)16(8,13)14/h2,12H,3H2,1H3,(H2,8,13,14). The molecule has 1 rings (SSSR count). The van der Waals surface area contributed by atoms with Crippen LogP contribution in [-0.4, -0.2) is 25.1 Å². The minimum atomic E-state index is -3.82. The summed E-state index contributed by atoms with van der Waals surface area (Å²) in [6.45, 7) is 1.13.